The van der Waals surface area contributed by atoms with Crippen molar-refractivity contribution in [2.24, 2.45) is 17.8 Å². The van der Waals surface area contributed by atoms with Gasteiger partial charge in [-0.3, -0.25) is 24.1 Å². The number of carbonyl (C=O) groups excluding carboxylic acids is 4. The Hall–Kier alpha value is -2.67. The van der Waals surface area contributed by atoms with Crippen LogP contribution in [0, 0.1) is 17.8 Å². The number of allylic oxidation sites excluding steroid dienone is 2. The Morgan fingerprint density at radius 2 is 1.78 bits per heavy atom. The minimum atomic E-state index is -0.876. The summed E-state index contributed by atoms with van der Waals surface area (Å²) in [5.41, 5.74) is 1.08. The number of likely N-dealkylation sites (tertiary alicyclic amines) is 1. The first-order valence-corrected chi connectivity index (χ1v) is 11.6. The second-order valence-corrected chi connectivity index (χ2v) is 9.56. The lowest BCUT2D eigenvalue weighted by atomic mass is 9.85. The molecule has 1 aromatic carbocycles. The molecule has 2 heterocycles. The zero-order chi connectivity index (χ0) is 23.0. The van der Waals surface area contributed by atoms with Gasteiger partial charge < -0.3 is 10.2 Å². The van der Waals surface area contributed by atoms with Crippen molar-refractivity contribution >= 4 is 46.6 Å². The minimum absolute atomic E-state index is 0.0303. The number of nitrogens with zero attached hydrogens (tertiary/aromatic N) is 2. The van der Waals surface area contributed by atoms with Crippen molar-refractivity contribution < 1.29 is 19.2 Å². The quantitative estimate of drug-likeness (QED) is 0.520. The molecule has 0 bridgehead atoms. The van der Waals surface area contributed by atoms with Crippen molar-refractivity contribution in [3.05, 3.63) is 35.4 Å². The van der Waals surface area contributed by atoms with Crippen molar-refractivity contribution in [1.29, 1.82) is 0 Å². The molecular formula is C24H28ClN3O4. The van der Waals surface area contributed by atoms with E-state index in [-0.39, 0.29) is 35.5 Å². The number of anilines is 2. The van der Waals surface area contributed by atoms with Crippen LogP contribution in [0.25, 0.3) is 0 Å². The van der Waals surface area contributed by atoms with E-state index in [1.165, 1.54) is 4.90 Å². The normalized spacial score (nSPS) is 23.8. The van der Waals surface area contributed by atoms with E-state index in [4.69, 9.17) is 11.6 Å². The second kappa shape index (κ2) is 9.06. The van der Waals surface area contributed by atoms with Crippen molar-refractivity contribution in [2.45, 2.75) is 52.0 Å². The smallest absolute Gasteiger partial charge is 0.247 e. The summed E-state index contributed by atoms with van der Waals surface area (Å²) in [6.07, 6.45) is 6.61. The second-order valence-electron chi connectivity index (χ2n) is 9.15. The molecule has 3 atom stereocenters. The van der Waals surface area contributed by atoms with Gasteiger partial charge in [-0.05, 0) is 49.8 Å². The van der Waals surface area contributed by atoms with E-state index in [2.05, 4.69) is 5.32 Å². The number of rotatable bonds is 6. The molecule has 1 aliphatic carbocycles. The summed E-state index contributed by atoms with van der Waals surface area (Å²) in [5.74, 6) is -1.53. The third-order valence-electron chi connectivity index (χ3n) is 6.43. The molecular weight excluding hydrogens is 430 g/mol. The number of benzene rings is 1. The van der Waals surface area contributed by atoms with Gasteiger partial charge in [-0.2, -0.15) is 0 Å². The van der Waals surface area contributed by atoms with E-state index in [0.29, 0.717) is 48.6 Å². The largest absolute Gasteiger partial charge is 0.324 e. The molecule has 3 aliphatic rings. The molecule has 4 rings (SSSR count). The minimum Gasteiger partial charge on any atom is -0.324 e. The Morgan fingerprint density at radius 1 is 1.12 bits per heavy atom. The number of amides is 4. The van der Waals surface area contributed by atoms with Crippen LogP contribution in [0.15, 0.2) is 30.4 Å². The Balaban J connectivity index is 1.54. The number of hydrogen-bond acceptors (Lipinski definition) is 4. The van der Waals surface area contributed by atoms with Gasteiger partial charge in [0.15, 0.2) is 0 Å². The molecule has 2 aliphatic heterocycles. The average molecular weight is 458 g/mol. The number of carbonyl (C=O) groups is 4. The van der Waals surface area contributed by atoms with Crippen LogP contribution in [-0.2, 0) is 19.2 Å². The predicted molar refractivity (Wildman–Crippen MR) is 122 cm³/mol. The number of halogens is 1. The maximum atomic E-state index is 13.3. The first-order chi connectivity index (χ1) is 15.3. The maximum absolute atomic E-state index is 13.3. The lowest BCUT2D eigenvalue weighted by molar-refractivity contribution is -0.147. The van der Waals surface area contributed by atoms with Gasteiger partial charge in [0.05, 0.1) is 22.5 Å². The number of fused-ring (bicyclic) bond motifs is 1. The first kappa shape index (κ1) is 22.5. The van der Waals surface area contributed by atoms with E-state index in [0.717, 1.165) is 6.42 Å². The Kier molecular flexibility index (Phi) is 6.38. The van der Waals surface area contributed by atoms with E-state index in [1.807, 2.05) is 26.0 Å². The standard InChI is InChI=1S/C24H28ClN3O4/c1-14(2)12-20(28-23(31)16-6-3-4-7-17(16)24(28)32)22(30)26-15-9-10-19(18(25)13-15)27-11-5-8-21(27)29/h3-4,9-10,13-14,16-17,20H,5-8,11-12H2,1-2H3,(H,26,30). The first-order valence-electron chi connectivity index (χ1n) is 11.2. The van der Waals surface area contributed by atoms with E-state index < -0.39 is 11.9 Å². The topological polar surface area (TPSA) is 86.8 Å². The fourth-order valence-electron chi connectivity index (χ4n) is 4.84. The van der Waals surface area contributed by atoms with Gasteiger partial charge in [-0.1, -0.05) is 37.6 Å². The Labute approximate surface area is 192 Å². The number of imide groups is 1. The van der Waals surface area contributed by atoms with Gasteiger partial charge in [0.2, 0.25) is 23.6 Å². The van der Waals surface area contributed by atoms with Gasteiger partial charge in [0.25, 0.3) is 0 Å². The molecule has 8 heteroatoms. The summed E-state index contributed by atoms with van der Waals surface area (Å²) >= 11 is 6.41. The molecule has 1 aromatic rings. The Morgan fingerprint density at radius 3 is 2.31 bits per heavy atom. The van der Waals surface area contributed by atoms with E-state index in [9.17, 15) is 19.2 Å². The van der Waals surface area contributed by atoms with Crippen LogP contribution in [-0.4, -0.2) is 41.1 Å². The highest BCUT2D eigenvalue weighted by atomic mass is 35.5. The van der Waals surface area contributed by atoms with Crippen molar-refractivity contribution in [2.75, 3.05) is 16.8 Å². The molecule has 7 nitrogen and oxygen atoms in total. The summed E-state index contributed by atoms with van der Waals surface area (Å²) in [7, 11) is 0. The summed E-state index contributed by atoms with van der Waals surface area (Å²) in [5, 5.41) is 3.19. The van der Waals surface area contributed by atoms with Crippen LogP contribution in [0.2, 0.25) is 5.02 Å². The number of hydrogen-bond donors (Lipinski definition) is 1. The SMILES string of the molecule is CC(C)CC(C(=O)Nc1ccc(N2CCCC2=O)c(Cl)c1)N1C(=O)C2CC=CCC2C1=O. The van der Waals surface area contributed by atoms with Crippen molar-refractivity contribution in [1.82, 2.24) is 4.90 Å². The monoisotopic (exact) mass is 457 g/mol. The molecule has 2 saturated heterocycles. The molecule has 3 unspecified atom stereocenters. The van der Waals surface area contributed by atoms with Gasteiger partial charge in [-0.15, -0.1) is 0 Å². The van der Waals surface area contributed by atoms with Crippen LogP contribution < -0.4 is 10.2 Å². The lowest BCUT2D eigenvalue weighted by Gasteiger charge is -2.27. The summed E-state index contributed by atoms with van der Waals surface area (Å²) < 4.78 is 0. The Bertz CT molecular complexity index is 963. The third-order valence-corrected chi connectivity index (χ3v) is 6.73. The lowest BCUT2D eigenvalue weighted by Crippen LogP contribution is -2.48. The maximum Gasteiger partial charge on any atom is 0.247 e. The molecule has 0 spiro atoms. The third kappa shape index (κ3) is 4.18. The molecule has 32 heavy (non-hydrogen) atoms. The zero-order valence-corrected chi connectivity index (χ0v) is 19.1. The van der Waals surface area contributed by atoms with Crippen LogP contribution in [0.1, 0.15) is 46.0 Å². The van der Waals surface area contributed by atoms with Gasteiger partial charge >= 0.3 is 0 Å². The molecule has 0 saturated carbocycles. The predicted octanol–water partition coefficient (Wildman–Crippen LogP) is 3.77. The fourth-order valence-corrected chi connectivity index (χ4v) is 5.12. The van der Waals surface area contributed by atoms with Gasteiger partial charge in [0.1, 0.15) is 6.04 Å². The fraction of sp³-hybridized carbons (Fsp3) is 0.500. The highest BCUT2D eigenvalue weighted by Gasteiger charge is 2.51. The summed E-state index contributed by atoms with van der Waals surface area (Å²) in [4.78, 5) is 54.2. The van der Waals surface area contributed by atoms with Crippen molar-refractivity contribution in [3.8, 4) is 0 Å². The van der Waals surface area contributed by atoms with Crippen LogP contribution >= 0.6 is 11.6 Å². The zero-order valence-electron chi connectivity index (χ0n) is 18.3. The highest BCUT2D eigenvalue weighted by molar-refractivity contribution is 6.34. The average Bonchev–Trinajstić information content (AvgIpc) is 3.28. The number of nitrogens with one attached hydrogen (secondary N) is 1. The molecule has 170 valence electrons. The molecule has 4 amide bonds. The molecule has 1 N–H and O–H groups in total. The summed E-state index contributed by atoms with van der Waals surface area (Å²) in [6, 6.07) is 4.13. The highest BCUT2D eigenvalue weighted by Crippen LogP contribution is 2.37. The molecule has 0 aromatic heterocycles. The van der Waals surface area contributed by atoms with Gasteiger partial charge in [0, 0.05) is 18.7 Å². The molecule has 2 fully saturated rings. The van der Waals surface area contributed by atoms with Crippen LogP contribution in [0.5, 0.6) is 0 Å². The van der Waals surface area contributed by atoms with E-state index >= 15 is 0 Å². The summed E-state index contributed by atoms with van der Waals surface area (Å²) in [6.45, 7) is 4.54. The van der Waals surface area contributed by atoms with Gasteiger partial charge in [-0.25, -0.2) is 0 Å². The van der Waals surface area contributed by atoms with Crippen molar-refractivity contribution in [3.63, 3.8) is 0 Å². The molecule has 0 radical (unpaired) electrons. The van der Waals surface area contributed by atoms with Crippen LogP contribution in [0.4, 0.5) is 11.4 Å². The van der Waals surface area contributed by atoms with E-state index in [1.54, 1.807) is 23.1 Å². The van der Waals surface area contributed by atoms with Crippen LogP contribution in [0.3, 0.4) is 0 Å².